The third-order valence-corrected chi connectivity index (χ3v) is 5.21. The Labute approximate surface area is 168 Å². The second-order valence-electron chi connectivity index (χ2n) is 7.71. The lowest BCUT2D eigenvalue weighted by atomic mass is 9.79. The third-order valence-electron chi connectivity index (χ3n) is 5.21. The van der Waals surface area contributed by atoms with Crippen molar-refractivity contribution in [3.8, 4) is 5.69 Å². The minimum atomic E-state index is -4.72. The average molecular weight is 417 g/mol. The first-order chi connectivity index (χ1) is 12.5. The van der Waals surface area contributed by atoms with Gasteiger partial charge in [-0.15, -0.1) is 12.4 Å². The van der Waals surface area contributed by atoms with Gasteiger partial charge in [-0.05, 0) is 30.4 Å². The first-order valence-electron chi connectivity index (χ1n) is 8.78. The number of likely N-dealkylation sites (tertiary alicyclic amines) is 1. The van der Waals surface area contributed by atoms with Crippen molar-refractivity contribution in [2.75, 3.05) is 13.1 Å². The first-order valence-corrected chi connectivity index (χ1v) is 8.78. The highest BCUT2D eigenvalue weighted by atomic mass is 35.5. The second kappa shape index (κ2) is 7.75. The molecule has 1 saturated heterocycles. The number of piperidine rings is 1. The number of alkyl halides is 3. The average Bonchev–Trinajstić information content (AvgIpc) is 3.02. The van der Waals surface area contributed by atoms with E-state index >= 15 is 0 Å². The zero-order chi connectivity index (χ0) is 20.0. The van der Waals surface area contributed by atoms with Crippen LogP contribution in [0.4, 0.5) is 13.2 Å². The van der Waals surface area contributed by atoms with Crippen molar-refractivity contribution >= 4 is 18.3 Å². The first kappa shape index (κ1) is 22.2. The molecule has 1 aliphatic heterocycles. The number of para-hydroxylation sites is 1. The monoisotopic (exact) mass is 416 g/mol. The maximum absolute atomic E-state index is 13.8. The smallest absolute Gasteiger partial charge is 0.338 e. The van der Waals surface area contributed by atoms with Gasteiger partial charge in [-0.1, -0.05) is 32.0 Å². The van der Waals surface area contributed by atoms with Crippen LogP contribution in [0.1, 0.15) is 41.9 Å². The lowest BCUT2D eigenvalue weighted by Crippen LogP contribution is -2.54. The molecule has 5 nitrogen and oxygen atoms in total. The fourth-order valence-electron chi connectivity index (χ4n) is 3.48. The molecule has 1 aromatic carbocycles. The molecule has 3 rings (SSSR count). The van der Waals surface area contributed by atoms with Crippen LogP contribution in [-0.2, 0) is 6.18 Å². The van der Waals surface area contributed by atoms with Gasteiger partial charge in [0.2, 0.25) is 0 Å². The minimum Gasteiger partial charge on any atom is -0.338 e. The number of rotatable bonds is 2. The number of nitrogens with zero attached hydrogens (tertiary/aromatic N) is 3. The summed E-state index contributed by atoms with van der Waals surface area (Å²) in [6.07, 6.45) is -3.16. The number of hydrogen-bond acceptors (Lipinski definition) is 3. The number of nitrogens with two attached hydrogens (primary N) is 1. The van der Waals surface area contributed by atoms with Crippen molar-refractivity contribution in [3.63, 3.8) is 0 Å². The Morgan fingerprint density at radius 3 is 2.50 bits per heavy atom. The molecular formula is C19H24ClF3N4O. The molecule has 1 amide bonds. The molecule has 154 valence electrons. The minimum absolute atomic E-state index is 0. The lowest BCUT2D eigenvalue weighted by Gasteiger charge is -2.42. The Morgan fingerprint density at radius 2 is 1.93 bits per heavy atom. The van der Waals surface area contributed by atoms with E-state index in [9.17, 15) is 18.0 Å². The maximum atomic E-state index is 13.8. The van der Waals surface area contributed by atoms with E-state index in [0.29, 0.717) is 30.8 Å². The van der Waals surface area contributed by atoms with Crippen LogP contribution in [0.3, 0.4) is 0 Å². The molecule has 0 spiro atoms. The Hall–Kier alpha value is -2.06. The zero-order valence-corrected chi connectivity index (χ0v) is 16.8. The summed E-state index contributed by atoms with van der Waals surface area (Å²) in [5.41, 5.74) is 5.16. The molecule has 0 saturated carbocycles. The van der Waals surface area contributed by atoms with E-state index in [4.69, 9.17) is 5.73 Å². The predicted molar refractivity (Wildman–Crippen MR) is 103 cm³/mol. The van der Waals surface area contributed by atoms with Crippen LogP contribution >= 0.6 is 12.4 Å². The maximum Gasteiger partial charge on any atom is 0.434 e. The highest BCUT2D eigenvalue weighted by Crippen LogP contribution is 2.36. The van der Waals surface area contributed by atoms with Crippen molar-refractivity contribution in [2.24, 2.45) is 11.1 Å². The molecule has 0 aliphatic carbocycles. The highest BCUT2D eigenvalue weighted by Gasteiger charge is 2.43. The Bertz CT molecular complexity index is 863. The van der Waals surface area contributed by atoms with Crippen LogP contribution in [0, 0.1) is 12.3 Å². The van der Waals surface area contributed by atoms with Crippen molar-refractivity contribution in [2.45, 2.75) is 39.4 Å². The topological polar surface area (TPSA) is 64.2 Å². The second-order valence-corrected chi connectivity index (χ2v) is 7.71. The van der Waals surface area contributed by atoms with Crippen molar-refractivity contribution in [1.29, 1.82) is 0 Å². The van der Waals surface area contributed by atoms with Crippen LogP contribution in [0.15, 0.2) is 30.5 Å². The Kier molecular flexibility index (Phi) is 6.16. The molecule has 0 radical (unpaired) electrons. The van der Waals surface area contributed by atoms with Gasteiger partial charge in [0.15, 0.2) is 5.69 Å². The normalized spacial score (nSPS) is 19.2. The number of carbonyl (C=O) groups excluding carboxylic acids is 1. The van der Waals surface area contributed by atoms with Gasteiger partial charge in [0, 0.05) is 19.1 Å². The molecule has 1 aromatic heterocycles. The van der Waals surface area contributed by atoms with Gasteiger partial charge >= 0.3 is 6.18 Å². The highest BCUT2D eigenvalue weighted by molar-refractivity contribution is 5.95. The standard InChI is InChI=1S/C19H23F3N4O.ClH/c1-12-6-4-5-7-14(12)26-16(19(20,21)22)13(10-24-26)17(27)25-9-8-15(23)18(2,3)11-25;/h4-7,10,15H,8-9,11,23H2,1-3H3;1H. The van der Waals surface area contributed by atoms with Gasteiger partial charge in [-0.3, -0.25) is 4.79 Å². The quantitative estimate of drug-likeness (QED) is 0.809. The summed E-state index contributed by atoms with van der Waals surface area (Å²) in [4.78, 5) is 14.4. The summed E-state index contributed by atoms with van der Waals surface area (Å²) in [6, 6.07) is 6.53. The van der Waals surface area contributed by atoms with Gasteiger partial charge in [0.1, 0.15) is 0 Å². The van der Waals surface area contributed by atoms with Gasteiger partial charge in [0.05, 0.1) is 17.4 Å². The largest absolute Gasteiger partial charge is 0.434 e. The summed E-state index contributed by atoms with van der Waals surface area (Å²) in [5, 5.41) is 3.91. The fraction of sp³-hybridized carbons (Fsp3) is 0.474. The van der Waals surface area contributed by atoms with E-state index < -0.39 is 23.3 Å². The van der Waals surface area contributed by atoms with E-state index in [0.717, 1.165) is 10.9 Å². The van der Waals surface area contributed by atoms with E-state index in [2.05, 4.69) is 5.10 Å². The molecule has 9 heteroatoms. The predicted octanol–water partition coefficient (Wildman–Crippen LogP) is 3.82. The van der Waals surface area contributed by atoms with Gasteiger partial charge in [-0.25, -0.2) is 4.68 Å². The van der Waals surface area contributed by atoms with Gasteiger partial charge in [-0.2, -0.15) is 18.3 Å². The molecule has 2 heterocycles. The van der Waals surface area contributed by atoms with Crippen LogP contribution in [-0.4, -0.2) is 39.7 Å². The van der Waals surface area contributed by atoms with Gasteiger partial charge < -0.3 is 10.6 Å². The van der Waals surface area contributed by atoms with Crippen LogP contribution < -0.4 is 5.73 Å². The van der Waals surface area contributed by atoms with Crippen LogP contribution in [0.25, 0.3) is 5.69 Å². The Morgan fingerprint density at radius 1 is 1.29 bits per heavy atom. The van der Waals surface area contributed by atoms with E-state index in [1.165, 1.54) is 4.90 Å². The third kappa shape index (κ3) is 4.03. The number of benzene rings is 1. The van der Waals surface area contributed by atoms with Crippen molar-refractivity contribution < 1.29 is 18.0 Å². The number of aromatic nitrogens is 2. The SMILES string of the molecule is Cc1ccccc1-n1ncc(C(=O)N2CCC(N)C(C)(C)C2)c1C(F)(F)F.Cl. The lowest BCUT2D eigenvalue weighted by molar-refractivity contribution is -0.143. The summed E-state index contributed by atoms with van der Waals surface area (Å²) in [5.74, 6) is -0.665. The molecule has 1 aliphatic rings. The van der Waals surface area contributed by atoms with Crippen molar-refractivity contribution in [1.82, 2.24) is 14.7 Å². The number of hydrogen-bond donors (Lipinski definition) is 1. The molecule has 1 fully saturated rings. The number of carbonyl (C=O) groups is 1. The molecule has 28 heavy (non-hydrogen) atoms. The van der Waals surface area contributed by atoms with Crippen LogP contribution in [0.2, 0.25) is 0 Å². The summed E-state index contributed by atoms with van der Waals surface area (Å²) in [7, 11) is 0. The van der Waals surface area contributed by atoms with E-state index in [1.807, 2.05) is 13.8 Å². The van der Waals surface area contributed by atoms with Crippen molar-refractivity contribution in [3.05, 3.63) is 47.3 Å². The molecule has 2 N–H and O–H groups in total. The zero-order valence-electron chi connectivity index (χ0n) is 16.0. The van der Waals surface area contributed by atoms with Crippen LogP contribution in [0.5, 0.6) is 0 Å². The number of halogens is 4. The summed E-state index contributed by atoms with van der Waals surface area (Å²) in [6.45, 7) is 6.17. The molecule has 2 aromatic rings. The summed E-state index contributed by atoms with van der Waals surface area (Å²) >= 11 is 0. The molecular weight excluding hydrogens is 393 g/mol. The fourth-order valence-corrected chi connectivity index (χ4v) is 3.48. The molecule has 0 bridgehead atoms. The summed E-state index contributed by atoms with van der Waals surface area (Å²) < 4.78 is 42.4. The number of aryl methyl sites for hydroxylation is 1. The Balaban J connectivity index is 0.00000280. The molecule has 1 atom stereocenters. The van der Waals surface area contributed by atoms with Gasteiger partial charge in [0.25, 0.3) is 5.91 Å². The molecule has 1 unspecified atom stereocenters. The van der Waals surface area contributed by atoms with E-state index in [-0.39, 0.29) is 23.9 Å². The number of amides is 1. The van der Waals surface area contributed by atoms with E-state index in [1.54, 1.807) is 31.2 Å².